The van der Waals surface area contributed by atoms with E-state index in [0.29, 0.717) is 0 Å². The molecule has 1 fully saturated rings. The summed E-state index contributed by atoms with van der Waals surface area (Å²) in [5, 5.41) is 2.88. The van der Waals surface area contributed by atoms with Gasteiger partial charge in [0.15, 0.2) is 0 Å². The third-order valence-electron chi connectivity index (χ3n) is 4.69. The highest BCUT2D eigenvalue weighted by molar-refractivity contribution is 5.87. The average molecular weight is 237 g/mol. The zero-order valence-corrected chi connectivity index (χ0v) is 10.7. The Hall–Kier alpha value is -1.34. The lowest BCUT2D eigenvalue weighted by Crippen LogP contribution is -2.33. The average Bonchev–Trinajstić information content (AvgIpc) is 3.07. The van der Waals surface area contributed by atoms with Crippen LogP contribution in [0.3, 0.4) is 0 Å². The van der Waals surface area contributed by atoms with Crippen LogP contribution in [0.4, 0.5) is 0 Å². The van der Waals surface area contributed by atoms with E-state index in [1.807, 2.05) is 0 Å². The SMILES string of the molecule is c1ccc2c3c(ccc2c1)C[C@@H](N1CCCC1)C3. The standard InChI is InChI=1S/C17H19N/c1-2-6-16-13(5-1)7-8-14-11-15(12-17(14)16)18-9-3-4-10-18/h1-2,5-8,15H,3-4,9-12H2/t15-/m1/s1. The van der Waals surface area contributed by atoms with E-state index in [0.717, 1.165) is 6.04 Å². The topological polar surface area (TPSA) is 3.24 Å². The van der Waals surface area contributed by atoms with E-state index in [2.05, 4.69) is 41.3 Å². The summed E-state index contributed by atoms with van der Waals surface area (Å²) in [6, 6.07) is 14.3. The fourth-order valence-electron chi connectivity index (χ4n) is 3.74. The van der Waals surface area contributed by atoms with Crippen LogP contribution in [0.15, 0.2) is 36.4 Å². The first-order chi connectivity index (χ1) is 8.92. The molecule has 2 aromatic rings. The van der Waals surface area contributed by atoms with Crippen LogP contribution in [0.2, 0.25) is 0 Å². The van der Waals surface area contributed by atoms with Crippen molar-refractivity contribution in [3.63, 3.8) is 0 Å². The molecule has 18 heavy (non-hydrogen) atoms. The Bertz CT molecular complexity index is 581. The van der Waals surface area contributed by atoms with Gasteiger partial charge in [-0.05, 0) is 60.7 Å². The molecule has 1 nitrogen and oxygen atoms in total. The Kier molecular flexibility index (Phi) is 2.41. The van der Waals surface area contributed by atoms with Crippen molar-refractivity contribution >= 4 is 10.8 Å². The Morgan fingerprint density at radius 2 is 1.72 bits per heavy atom. The van der Waals surface area contributed by atoms with Crippen LogP contribution in [-0.2, 0) is 12.8 Å². The van der Waals surface area contributed by atoms with E-state index in [1.54, 1.807) is 11.1 Å². The minimum absolute atomic E-state index is 0.772. The molecule has 92 valence electrons. The van der Waals surface area contributed by atoms with Crippen LogP contribution in [0.25, 0.3) is 10.8 Å². The zero-order chi connectivity index (χ0) is 11.9. The second kappa shape index (κ2) is 4.10. The predicted molar refractivity (Wildman–Crippen MR) is 76.0 cm³/mol. The van der Waals surface area contributed by atoms with Crippen molar-refractivity contribution in [2.75, 3.05) is 13.1 Å². The van der Waals surface area contributed by atoms with Crippen LogP contribution in [0, 0.1) is 0 Å². The van der Waals surface area contributed by atoms with Gasteiger partial charge >= 0.3 is 0 Å². The smallest absolute Gasteiger partial charge is 0.0176 e. The number of nitrogens with zero attached hydrogens (tertiary/aromatic N) is 1. The monoisotopic (exact) mass is 237 g/mol. The van der Waals surface area contributed by atoms with Crippen molar-refractivity contribution in [3.05, 3.63) is 47.5 Å². The molecule has 1 saturated heterocycles. The fraction of sp³-hybridized carbons (Fsp3) is 0.412. The Morgan fingerprint density at radius 3 is 2.61 bits per heavy atom. The van der Waals surface area contributed by atoms with Gasteiger partial charge in [-0.15, -0.1) is 0 Å². The van der Waals surface area contributed by atoms with Gasteiger partial charge in [0.1, 0.15) is 0 Å². The minimum Gasteiger partial charge on any atom is -0.300 e. The predicted octanol–water partition coefficient (Wildman–Crippen LogP) is 3.40. The first-order valence-corrected chi connectivity index (χ1v) is 7.15. The van der Waals surface area contributed by atoms with E-state index in [-0.39, 0.29) is 0 Å². The lowest BCUT2D eigenvalue weighted by molar-refractivity contribution is 0.250. The maximum Gasteiger partial charge on any atom is 0.0176 e. The van der Waals surface area contributed by atoms with Crippen molar-refractivity contribution in [3.8, 4) is 0 Å². The third kappa shape index (κ3) is 1.58. The van der Waals surface area contributed by atoms with Gasteiger partial charge in [-0.25, -0.2) is 0 Å². The second-order valence-corrected chi connectivity index (χ2v) is 5.73. The highest BCUT2D eigenvalue weighted by atomic mass is 15.2. The molecule has 0 spiro atoms. The van der Waals surface area contributed by atoms with Gasteiger partial charge in [-0.3, -0.25) is 4.90 Å². The maximum absolute atomic E-state index is 2.70. The molecule has 1 aliphatic carbocycles. The number of hydrogen-bond donors (Lipinski definition) is 0. The van der Waals surface area contributed by atoms with Crippen LogP contribution in [0.5, 0.6) is 0 Å². The van der Waals surface area contributed by atoms with Crippen molar-refractivity contribution in [1.82, 2.24) is 4.90 Å². The summed E-state index contributed by atoms with van der Waals surface area (Å²) in [6.07, 6.45) is 5.32. The van der Waals surface area contributed by atoms with E-state index < -0.39 is 0 Å². The summed E-state index contributed by atoms with van der Waals surface area (Å²) in [5.41, 5.74) is 3.20. The lowest BCUT2D eigenvalue weighted by Gasteiger charge is -2.22. The molecule has 1 heterocycles. The first kappa shape index (κ1) is 10.6. The van der Waals surface area contributed by atoms with Crippen LogP contribution in [-0.4, -0.2) is 24.0 Å². The molecular formula is C17H19N. The van der Waals surface area contributed by atoms with Crippen molar-refractivity contribution in [2.24, 2.45) is 0 Å². The third-order valence-corrected chi connectivity index (χ3v) is 4.69. The molecule has 1 atom stereocenters. The summed E-state index contributed by atoms with van der Waals surface area (Å²) in [4.78, 5) is 2.70. The summed E-state index contributed by atoms with van der Waals surface area (Å²) in [5.74, 6) is 0. The molecule has 0 N–H and O–H groups in total. The van der Waals surface area contributed by atoms with E-state index in [1.165, 1.54) is 49.5 Å². The molecule has 4 rings (SSSR count). The van der Waals surface area contributed by atoms with Gasteiger partial charge in [0.2, 0.25) is 0 Å². The van der Waals surface area contributed by atoms with Gasteiger partial charge in [0.25, 0.3) is 0 Å². The first-order valence-electron chi connectivity index (χ1n) is 7.15. The molecule has 2 aliphatic rings. The molecule has 0 bridgehead atoms. The molecule has 1 aliphatic heterocycles. The van der Waals surface area contributed by atoms with Crippen molar-refractivity contribution < 1.29 is 0 Å². The van der Waals surface area contributed by atoms with Gasteiger partial charge in [0.05, 0.1) is 0 Å². The number of fused-ring (bicyclic) bond motifs is 3. The Morgan fingerprint density at radius 1 is 0.889 bits per heavy atom. The van der Waals surface area contributed by atoms with Crippen LogP contribution < -0.4 is 0 Å². The quantitative estimate of drug-likeness (QED) is 0.734. The summed E-state index contributed by atoms with van der Waals surface area (Å²) >= 11 is 0. The van der Waals surface area contributed by atoms with Gasteiger partial charge in [-0.2, -0.15) is 0 Å². The van der Waals surface area contributed by atoms with Crippen LogP contribution >= 0.6 is 0 Å². The number of rotatable bonds is 1. The van der Waals surface area contributed by atoms with Gasteiger partial charge in [0, 0.05) is 6.04 Å². The van der Waals surface area contributed by atoms with Gasteiger partial charge < -0.3 is 0 Å². The van der Waals surface area contributed by atoms with Crippen molar-refractivity contribution in [1.29, 1.82) is 0 Å². The molecule has 0 saturated carbocycles. The lowest BCUT2D eigenvalue weighted by atomic mass is 10.0. The summed E-state index contributed by atoms with van der Waals surface area (Å²) in [7, 11) is 0. The molecule has 0 amide bonds. The Balaban J connectivity index is 1.74. The summed E-state index contributed by atoms with van der Waals surface area (Å²) in [6.45, 7) is 2.63. The number of likely N-dealkylation sites (tertiary alicyclic amines) is 1. The van der Waals surface area contributed by atoms with Crippen molar-refractivity contribution in [2.45, 2.75) is 31.7 Å². The highest BCUT2D eigenvalue weighted by Crippen LogP contribution is 2.33. The second-order valence-electron chi connectivity index (χ2n) is 5.73. The molecule has 0 radical (unpaired) electrons. The maximum atomic E-state index is 2.70. The normalized spacial score (nSPS) is 23.7. The fourth-order valence-corrected chi connectivity index (χ4v) is 3.74. The molecular weight excluding hydrogens is 218 g/mol. The van der Waals surface area contributed by atoms with E-state index in [4.69, 9.17) is 0 Å². The summed E-state index contributed by atoms with van der Waals surface area (Å²) < 4.78 is 0. The Labute approximate surface area is 108 Å². The molecule has 1 heteroatoms. The molecule has 0 aromatic heterocycles. The minimum atomic E-state index is 0.772. The van der Waals surface area contributed by atoms with E-state index >= 15 is 0 Å². The van der Waals surface area contributed by atoms with Gasteiger partial charge in [-0.1, -0.05) is 36.4 Å². The number of benzene rings is 2. The number of hydrogen-bond acceptors (Lipinski definition) is 1. The zero-order valence-electron chi connectivity index (χ0n) is 10.7. The van der Waals surface area contributed by atoms with Crippen LogP contribution in [0.1, 0.15) is 24.0 Å². The van der Waals surface area contributed by atoms with E-state index in [9.17, 15) is 0 Å². The largest absolute Gasteiger partial charge is 0.300 e. The molecule has 2 aromatic carbocycles. The highest BCUT2D eigenvalue weighted by Gasteiger charge is 2.29. The molecule has 0 unspecified atom stereocenters.